The molecular weight excluding hydrogens is 400 g/mol. The van der Waals surface area contributed by atoms with Gasteiger partial charge in [0.15, 0.2) is 0 Å². The summed E-state index contributed by atoms with van der Waals surface area (Å²) in [6.45, 7) is 7.41. The zero-order valence-electron chi connectivity index (χ0n) is 18.6. The SMILES string of the molecule is Cc1ccc(N2CC(C(=O)N3CCN(c4cc(C)c5ccccc5n4)CC3)CC2=O)cc1. The molecular formula is C26H28N4O2. The molecule has 0 radical (unpaired) electrons. The molecule has 0 spiro atoms. The normalized spacial score (nSPS) is 19.1. The van der Waals surface area contributed by atoms with E-state index in [4.69, 9.17) is 4.98 Å². The van der Waals surface area contributed by atoms with Gasteiger partial charge < -0.3 is 14.7 Å². The number of benzene rings is 2. The van der Waals surface area contributed by atoms with Crippen LogP contribution in [0.15, 0.2) is 54.6 Å². The van der Waals surface area contributed by atoms with Crippen LogP contribution in [0.25, 0.3) is 10.9 Å². The van der Waals surface area contributed by atoms with Crippen LogP contribution in [0.1, 0.15) is 17.5 Å². The number of piperazine rings is 1. The highest BCUT2D eigenvalue weighted by atomic mass is 16.2. The highest BCUT2D eigenvalue weighted by Gasteiger charge is 2.38. The molecule has 1 unspecified atom stereocenters. The first-order chi connectivity index (χ1) is 15.5. The van der Waals surface area contributed by atoms with Gasteiger partial charge in [-0.05, 0) is 43.7 Å². The summed E-state index contributed by atoms with van der Waals surface area (Å²) < 4.78 is 0. The van der Waals surface area contributed by atoms with E-state index in [0.717, 1.165) is 35.7 Å². The molecule has 6 heteroatoms. The van der Waals surface area contributed by atoms with Crippen molar-refractivity contribution in [3.8, 4) is 0 Å². The smallest absolute Gasteiger partial charge is 0.228 e. The third kappa shape index (κ3) is 3.81. The number of aromatic nitrogens is 1. The van der Waals surface area contributed by atoms with Crippen molar-refractivity contribution in [1.82, 2.24) is 9.88 Å². The largest absolute Gasteiger partial charge is 0.353 e. The van der Waals surface area contributed by atoms with Gasteiger partial charge in [-0.15, -0.1) is 0 Å². The van der Waals surface area contributed by atoms with Crippen molar-refractivity contribution >= 4 is 34.2 Å². The number of hydrogen-bond donors (Lipinski definition) is 0. The van der Waals surface area contributed by atoms with Crippen molar-refractivity contribution in [3.05, 3.63) is 65.7 Å². The van der Waals surface area contributed by atoms with Crippen LogP contribution in [-0.4, -0.2) is 54.4 Å². The Kier molecular flexibility index (Phi) is 5.29. The molecule has 0 bridgehead atoms. The number of hydrogen-bond acceptors (Lipinski definition) is 4. The molecule has 0 saturated carbocycles. The summed E-state index contributed by atoms with van der Waals surface area (Å²) in [6, 6.07) is 18.2. The Hall–Kier alpha value is -3.41. The van der Waals surface area contributed by atoms with Gasteiger partial charge >= 0.3 is 0 Å². The van der Waals surface area contributed by atoms with Gasteiger partial charge in [-0.3, -0.25) is 9.59 Å². The van der Waals surface area contributed by atoms with E-state index >= 15 is 0 Å². The van der Waals surface area contributed by atoms with Gasteiger partial charge in [-0.2, -0.15) is 0 Å². The highest BCUT2D eigenvalue weighted by molar-refractivity contribution is 6.00. The van der Waals surface area contributed by atoms with E-state index in [2.05, 4.69) is 24.0 Å². The van der Waals surface area contributed by atoms with Gasteiger partial charge in [0.1, 0.15) is 5.82 Å². The maximum absolute atomic E-state index is 13.2. The minimum Gasteiger partial charge on any atom is -0.353 e. The number of pyridine rings is 1. The molecule has 2 aromatic carbocycles. The first-order valence-electron chi connectivity index (χ1n) is 11.3. The number of carbonyl (C=O) groups excluding carboxylic acids is 2. The van der Waals surface area contributed by atoms with Crippen LogP contribution in [0.2, 0.25) is 0 Å². The van der Waals surface area contributed by atoms with Gasteiger partial charge in [-0.25, -0.2) is 4.98 Å². The summed E-state index contributed by atoms with van der Waals surface area (Å²) in [4.78, 5) is 36.5. The molecule has 0 N–H and O–H groups in total. The van der Waals surface area contributed by atoms with E-state index in [-0.39, 0.29) is 17.7 Å². The third-order valence-electron chi connectivity index (χ3n) is 6.64. The van der Waals surface area contributed by atoms with Crippen LogP contribution in [0.3, 0.4) is 0 Å². The summed E-state index contributed by atoms with van der Waals surface area (Å²) in [5, 5.41) is 1.18. The fourth-order valence-electron chi connectivity index (χ4n) is 4.76. The highest BCUT2D eigenvalue weighted by Crippen LogP contribution is 2.28. The number of nitrogens with zero attached hydrogens (tertiary/aromatic N) is 4. The van der Waals surface area contributed by atoms with Crippen LogP contribution >= 0.6 is 0 Å². The molecule has 1 atom stereocenters. The summed E-state index contributed by atoms with van der Waals surface area (Å²) in [5.74, 6) is 0.822. The molecule has 0 aliphatic carbocycles. The Morgan fingerprint density at radius 2 is 1.69 bits per heavy atom. The zero-order valence-corrected chi connectivity index (χ0v) is 18.6. The van der Waals surface area contributed by atoms with Gasteiger partial charge in [0.05, 0.1) is 11.4 Å². The molecule has 2 saturated heterocycles. The molecule has 3 aromatic rings. The van der Waals surface area contributed by atoms with Gasteiger partial charge in [-0.1, -0.05) is 35.9 Å². The van der Waals surface area contributed by atoms with Gasteiger partial charge in [0, 0.05) is 50.2 Å². The van der Waals surface area contributed by atoms with Crippen LogP contribution in [0.5, 0.6) is 0 Å². The molecule has 2 aliphatic heterocycles. The fourth-order valence-corrected chi connectivity index (χ4v) is 4.76. The van der Waals surface area contributed by atoms with E-state index in [0.29, 0.717) is 26.1 Å². The van der Waals surface area contributed by atoms with E-state index in [9.17, 15) is 9.59 Å². The third-order valence-corrected chi connectivity index (χ3v) is 6.64. The lowest BCUT2D eigenvalue weighted by Crippen LogP contribution is -2.51. The molecule has 6 nitrogen and oxygen atoms in total. The predicted octanol–water partition coefficient (Wildman–Crippen LogP) is 3.55. The summed E-state index contributed by atoms with van der Waals surface area (Å²) >= 11 is 0. The molecule has 164 valence electrons. The maximum Gasteiger partial charge on any atom is 0.228 e. The van der Waals surface area contributed by atoms with Crippen molar-refractivity contribution in [1.29, 1.82) is 0 Å². The van der Waals surface area contributed by atoms with Gasteiger partial charge in [0.25, 0.3) is 0 Å². The quantitative estimate of drug-likeness (QED) is 0.640. The Bertz CT molecular complexity index is 1170. The number of para-hydroxylation sites is 1. The predicted molar refractivity (Wildman–Crippen MR) is 127 cm³/mol. The van der Waals surface area contributed by atoms with Crippen LogP contribution in [-0.2, 0) is 9.59 Å². The minimum absolute atomic E-state index is 0.0293. The Labute approximate surface area is 188 Å². The number of rotatable bonds is 3. The van der Waals surface area contributed by atoms with Crippen molar-refractivity contribution < 1.29 is 9.59 Å². The van der Waals surface area contributed by atoms with Crippen molar-refractivity contribution in [2.24, 2.45) is 5.92 Å². The standard InChI is InChI=1S/C26H28N4O2/c1-18-7-9-21(10-8-18)30-17-20(16-25(30)31)26(32)29-13-11-28(12-14-29)24-15-19(2)22-5-3-4-6-23(22)27-24/h3-10,15,20H,11-14,16-17H2,1-2H3. The second kappa shape index (κ2) is 8.26. The molecule has 1 aromatic heterocycles. The van der Waals surface area contributed by atoms with Crippen molar-refractivity contribution in [3.63, 3.8) is 0 Å². The van der Waals surface area contributed by atoms with Crippen LogP contribution in [0.4, 0.5) is 11.5 Å². The lowest BCUT2D eigenvalue weighted by atomic mass is 10.1. The maximum atomic E-state index is 13.2. The zero-order chi connectivity index (χ0) is 22.2. The summed E-state index contributed by atoms with van der Waals surface area (Å²) in [7, 11) is 0. The van der Waals surface area contributed by atoms with E-state index in [1.54, 1.807) is 4.90 Å². The average Bonchev–Trinajstić information content (AvgIpc) is 3.21. The number of amides is 2. The number of carbonyl (C=O) groups is 2. The van der Waals surface area contributed by atoms with Crippen LogP contribution < -0.4 is 9.80 Å². The van der Waals surface area contributed by atoms with E-state index in [1.807, 2.05) is 54.3 Å². The molecule has 2 fully saturated rings. The Morgan fingerprint density at radius 3 is 2.44 bits per heavy atom. The Balaban J connectivity index is 1.23. The molecule has 5 rings (SSSR count). The summed E-state index contributed by atoms with van der Waals surface area (Å²) in [5.41, 5.74) is 4.24. The first-order valence-corrected chi connectivity index (χ1v) is 11.3. The fraction of sp³-hybridized carbons (Fsp3) is 0.346. The van der Waals surface area contributed by atoms with Crippen molar-refractivity contribution in [2.75, 3.05) is 42.5 Å². The average molecular weight is 429 g/mol. The molecule has 3 heterocycles. The lowest BCUT2D eigenvalue weighted by Gasteiger charge is -2.36. The molecule has 32 heavy (non-hydrogen) atoms. The second-order valence-corrected chi connectivity index (χ2v) is 8.87. The Morgan fingerprint density at radius 1 is 0.969 bits per heavy atom. The molecule has 2 aliphatic rings. The lowest BCUT2D eigenvalue weighted by molar-refractivity contribution is -0.136. The van der Waals surface area contributed by atoms with E-state index in [1.165, 1.54) is 10.9 Å². The number of fused-ring (bicyclic) bond motifs is 1. The number of anilines is 2. The minimum atomic E-state index is -0.267. The first kappa shape index (κ1) is 20.5. The van der Waals surface area contributed by atoms with E-state index < -0.39 is 0 Å². The van der Waals surface area contributed by atoms with Gasteiger partial charge in [0.2, 0.25) is 11.8 Å². The second-order valence-electron chi connectivity index (χ2n) is 8.87. The topological polar surface area (TPSA) is 56.8 Å². The van der Waals surface area contributed by atoms with Crippen molar-refractivity contribution in [2.45, 2.75) is 20.3 Å². The number of aryl methyl sites for hydroxylation is 2. The molecule has 2 amide bonds. The van der Waals surface area contributed by atoms with Crippen LogP contribution in [0, 0.1) is 19.8 Å². The monoisotopic (exact) mass is 428 g/mol. The summed E-state index contributed by atoms with van der Waals surface area (Å²) in [6.07, 6.45) is 0.290.